The molecule has 2 amide bonds. The summed E-state index contributed by atoms with van der Waals surface area (Å²) in [6, 6.07) is 14.1. The highest BCUT2D eigenvalue weighted by Gasteiger charge is 2.50. The van der Waals surface area contributed by atoms with Crippen LogP contribution in [0.2, 0.25) is 0 Å². The van der Waals surface area contributed by atoms with E-state index >= 15 is 0 Å². The summed E-state index contributed by atoms with van der Waals surface area (Å²) >= 11 is 0. The van der Waals surface area contributed by atoms with Gasteiger partial charge in [0.25, 0.3) is 0 Å². The van der Waals surface area contributed by atoms with Crippen molar-refractivity contribution in [2.24, 2.45) is 11.8 Å². The highest BCUT2D eigenvalue weighted by atomic mass is 16.4. The van der Waals surface area contributed by atoms with Crippen molar-refractivity contribution in [2.75, 3.05) is 26.2 Å². The molecule has 2 aromatic carbocycles. The molecule has 1 heterocycles. The molecule has 1 aliphatic heterocycles. The lowest BCUT2D eigenvalue weighted by molar-refractivity contribution is -0.146. The smallest absolute Gasteiger partial charge is 0.407 e. The molecule has 4 unspecified atom stereocenters. The van der Waals surface area contributed by atoms with E-state index in [1.54, 1.807) is 4.90 Å². The number of nitrogens with zero attached hydrogens (tertiary/aromatic N) is 2. The van der Waals surface area contributed by atoms with E-state index in [1.807, 2.05) is 42.5 Å². The molecule has 2 saturated carbocycles. The van der Waals surface area contributed by atoms with Crippen LogP contribution >= 0.6 is 0 Å². The fraction of sp³-hybridized carbons (Fsp3) is 0.556. The molecule has 3 fully saturated rings. The number of carbonyl (C=O) groups is 2. The van der Waals surface area contributed by atoms with Crippen LogP contribution in [0.3, 0.4) is 0 Å². The van der Waals surface area contributed by atoms with Gasteiger partial charge in [0.1, 0.15) is 0 Å². The monoisotopic (exact) mass is 450 g/mol. The number of hydrogen-bond donors (Lipinski definition) is 2. The van der Waals surface area contributed by atoms with Gasteiger partial charge in [0, 0.05) is 26.2 Å². The van der Waals surface area contributed by atoms with Gasteiger partial charge in [0.15, 0.2) is 0 Å². The first kappa shape index (κ1) is 22.2. The van der Waals surface area contributed by atoms with Gasteiger partial charge < -0.3 is 20.0 Å². The van der Waals surface area contributed by atoms with Crippen molar-refractivity contribution in [3.05, 3.63) is 48.0 Å². The minimum Gasteiger partial charge on any atom is -0.465 e. The van der Waals surface area contributed by atoms with Gasteiger partial charge in [0.05, 0.1) is 11.5 Å². The van der Waals surface area contributed by atoms with Gasteiger partial charge in [-0.15, -0.1) is 0 Å². The topological polar surface area (TPSA) is 81.1 Å². The molecule has 176 valence electrons. The summed E-state index contributed by atoms with van der Waals surface area (Å²) in [4.78, 5) is 28.6. The van der Waals surface area contributed by atoms with E-state index in [9.17, 15) is 19.8 Å². The van der Waals surface area contributed by atoms with E-state index in [2.05, 4.69) is 0 Å². The largest absolute Gasteiger partial charge is 0.465 e. The molecular formula is C27H34N2O4. The zero-order chi connectivity index (χ0) is 23.0. The Bertz CT molecular complexity index is 1030. The zero-order valence-electron chi connectivity index (χ0n) is 19.2. The number of carboxylic acid groups (broad SMARTS) is 1. The van der Waals surface area contributed by atoms with E-state index in [1.165, 1.54) is 24.2 Å². The van der Waals surface area contributed by atoms with Gasteiger partial charge in [-0.25, -0.2) is 4.79 Å². The van der Waals surface area contributed by atoms with E-state index in [0.717, 1.165) is 29.2 Å². The van der Waals surface area contributed by atoms with Gasteiger partial charge in [-0.3, -0.25) is 4.79 Å². The molecule has 6 heteroatoms. The maximum absolute atomic E-state index is 14.1. The Hall–Kier alpha value is -2.60. The summed E-state index contributed by atoms with van der Waals surface area (Å²) in [7, 11) is 0. The van der Waals surface area contributed by atoms with Crippen molar-refractivity contribution in [3.8, 4) is 0 Å². The zero-order valence-corrected chi connectivity index (χ0v) is 19.2. The van der Waals surface area contributed by atoms with Crippen LogP contribution < -0.4 is 0 Å². The van der Waals surface area contributed by atoms with Crippen LogP contribution in [0.5, 0.6) is 0 Å². The Balaban J connectivity index is 1.51. The van der Waals surface area contributed by atoms with Gasteiger partial charge >= 0.3 is 6.09 Å². The number of rotatable bonds is 3. The highest BCUT2D eigenvalue weighted by molar-refractivity contribution is 5.94. The number of hydrogen-bond acceptors (Lipinski definition) is 3. The predicted octanol–water partition coefficient (Wildman–Crippen LogP) is 4.47. The summed E-state index contributed by atoms with van der Waals surface area (Å²) in [5, 5.41) is 23.6. The number of fused-ring (bicyclic) bond motifs is 2. The van der Waals surface area contributed by atoms with E-state index < -0.39 is 17.6 Å². The third-order valence-electron chi connectivity index (χ3n) is 8.41. The van der Waals surface area contributed by atoms with Gasteiger partial charge in [-0.05, 0) is 47.4 Å². The maximum Gasteiger partial charge on any atom is 0.407 e. The van der Waals surface area contributed by atoms with Crippen molar-refractivity contribution in [1.29, 1.82) is 0 Å². The minimum absolute atomic E-state index is 0.0619. The number of amides is 2. The molecule has 5 rings (SSSR count). The average molecular weight is 451 g/mol. The predicted molar refractivity (Wildman–Crippen MR) is 127 cm³/mol. The molecule has 0 bridgehead atoms. The lowest BCUT2D eigenvalue weighted by Gasteiger charge is -2.48. The quantitative estimate of drug-likeness (QED) is 0.723. The fourth-order valence-corrected chi connectivity index (χ4v) is 6.64. The Morgan fingerprint density at radius 2 is 1.55 bits per heavy atom. The van der Waals surface area contributed by atoms with Crippen molar-refractivity contribution in [3.63, 3.8) is 0 Å². The second-order valence-corrected chi connectivity index (χ2v) is 10.2. The lowest BCUT2D eigenvalue weighted by Crippen LogP contribution is -2.55. The van der Waals surface area contributed by atoms with Crippen LogP contribution in [0, 0.1) is 11.8 Å². The molecule has 0 aromatic heterocycles. The first-order valence-electron chi connectivity index (χ1n) is 12.4. The van der Waals surface area contributed by atoms with Gasteiger partial charge in [-0.1, -0.05) is 68.1 Å². The van der Waals surface area contributed by atoms with Gasteiger partial charge in [-0.2, -0.15) is 0 Å². The first-order chi connectivity index (χ1) is 16.0. The molecule has 4 atom stereocenters. The Labute approximate surface area is 195 Å². The van der Waals surface area contributed by atoms with E-state index in [4.69, 9.17) is 0 Å². The summed E-state index contributed by atoms with van der Waals surface area (Å²) in [6.45, 7) is 1.36. The molecule has 2 N–H and O–H groups in total. The first-order valence-corrected chi connectivity index (χ1v) is 12.4. The Kier molecular flexibility index (Phi) is 6.04. The van der Waals surface area contributed by atoms with Crippen LogP contribution in [0.4, 0.5) is 4.79 Å². The molecule has 1 saturated heterocycles. The van der Waals surface area contributed by atoms with Crippen molar-refractivity contribution in [1.82, 2.24) is 9.80 Å². The van der Waals surface area contributed by atoms with Crippen molar-refractivity contribution >= 4 is 22.8 Å². The second kappa shape index (κ2) is 8.98. The van der Waals surface area contributed by atoms with Crippen molar-refractivity contribution < 1.29 is 19.8 Å². The Morgan fingerprint density at radius 3 is 2.30 bits per heavy atom. The molecule has 2 aromatic rings. The van der Waals surface area contributed by atoms with Crippen LogP contribution in [0.15, 0.2) is 42.5 Å². The molecule has 2 aliphatic carbocycles. The maximum atomic E-state index is 14.1. The standard InChI is InChI=1S/C27H34N2O4/c30-25(28-14-16-29(17-15-28)26(31)32)24(23-11-5-9-20-7-3-4-10-22(20)23)27(33)13-12-19-6-1-2-8-21(19)18-27/h3-5,7,9-11,19,21,24,33H,1-2,6,8,12-18H2,(H,31,32). The van der Waals surface area contributed by atoms with Crippen LogP contribution in [0.1, 0.15) is 56.4 Å². The van der Waals surface area contributed by atoms with Crippen LogP contribution in [-0.2, 0) is 4.79 Å². The summed E-state index contributed by atoms with van der Waals surface area (Å²) in [5.74, 6) is 0.448. The third-order valence-corrected chi connectivity index (χ3v) is 8.41. The fourth-order valence-electron chi connectivity index (χ4n) is 6.64. The molecule has 0 radical (unpaired) electrons. The van der Waals surface area contributed by atoms with E-state index in [0.29, 0.717) is 50.9 Å². The Morgan fingerprint density at radius 1 is 0.879 bits per heavy atom. The average Bonchev–Trinajstić information content (AvgIpc) is 2.84. The minimum atomic E-state index is -1.08. The lowest BCUT2D eigenvalue weighted by atomic mass is 9.61. The molecule has 3 aliphatic rings. The molecule has 33 heavy (non-hydrogen) atoms. The number of benzene rings is 2. The SMILES string of the molecule is O=C(O)N1CCN(C(=O)C(c2cccc3ccccc23)C2(O)CCC3CCCCC3C2)CC1. The summed E-state index contributed by atoms with van der Waals surface area (Å²) < 4.78 is 0. The van der Waals surface area contributed by atoms with E-state index in [-0.39, 0.29) is 5.91 Å². The van der Waals surface area contributed by atoms with Crippen LogP contribution in [-0.4, -0.2) is 63.8 Å². The normalized spacial score (nSPS) is 28.9. The van der Waals surface area contributed by atoms with Crippen LogP contribution in [0.25, 0.3) is 10.8 Å². The molecule has 6 nitrogen and oxygen atoms in total. The van der Waals surface area contributed by atoms with Gasteiger partial charge in [0.2, 0.25) is 5.91 Å². The third kappa shape index (κ3) is 4.21. The number of aliphatic hydroxyl groups is 1. The summed E-state index contributed by atoms with van der Waals surface area (Å²) in [5.41, 5.74) is -0.181. The van der Waals surface area contributed by atoms with Crippen molar-refractivity contribution in [2.45, 2.75) is 56.5 Å². The number of carbonyl (C=O) groups excluding carboxylic acids is 1. The second-order valence-electron chi connectivity index (χ2n) is 10.2. The highest BCUT2D eigenvalue weighted by Crippen LogP contribution is 2.50. The molecule has 0 spiro atoms. The summed E-state index contributed by atoms with van der Waals surface area (Å²) in [6.07, 6.45) is 6.21. The number of piperazine rings is 1. The molecular weight excluding hydrogens is 416 g/mol.